The van der Waals surface area contributed by atoms with Crippen LogP contribution >= 0.6 is 0 Å². The molecule has 0 saturated carbocycles. The molecule has 0 radical (unpaired) electrons. The Hall–Kier alpha value is -8.98. The van der Waals surface area contributed by atoms with Gasteiger partial charge in [-0.2, -0.15) is 0 Å². The summed E-state index contributed by atoms with van der Waals surface area (Å²) in [7, 11) is 0. The fraction of sp³-hybridized carbons (Fsp3) is 0. The number of anilines is 3. The van der Waals surface area contributed by atoms with Gasteiger partial charge in [0.05, 0.1) is 22.4 Å². The minimum Gasteiger partial charge on any atom is -0.310 e. The minimum atomic E-state index is 1.07. The van der Waals surface area contributed by atoms with Crippen LogP contribution in [0.1, 0.15) is 0 Å². The van der Waals surface area contributed by atoms with Crippen molar-refractivity contribution in [2.45, 2.75) is 0 Å². The molecule has 1 heterocycles. The molecule has 0 saturated heterocycles. The van der Waals surface area contributed by atoms with Crippen LogP contribution in [0, 0.1) is 0 Å². The third kappa shape index (κ3) is 6.65. The molecule has 0 aliphatic carbocycles. The van der Waals surface area contributed by atoms with Crippen molar-refractivity contribution in [1.29, 1.82) is 0 Å². The quantitative estimate of drug-likeness (QED) is 0.138. The summed E-state index contributed by atoms with van der Waals surface area (Å²) in [4.78, 5) is 2.43. The van der Waals surface area contributed by atoms with E-state index in [-0.39, 0.29) is 0 Å². The first kappa shape index (κ1) is 39.4. The van der Waals surface area contributed by atoms with Gasteiger partial charge in [0, 0.05) is 38.7 Å². The summed E-state index contributed by atoms with van der Waals surface area (Å²) < 4.78 is 2.48. The fourth-order valence-corrected chi connectivity index (χ4v) is 10.6. The normalized spacial score (nSPS) is 11.5. The van der Waals surface area contributed by atoms with Crippen LogP contribution in [-0.4, -0.2) is 4.57 Å². The summed E-state index contributed by atoms with van der Waals surface area (Å²) in [5, 5.41) is 9.99. The van der Waals surface area contributed by atoms with Crippen molar-refractivity contribution < 1.29 is 0 Å². The molecule has 2 nitrogen and oxygen atoms in total. The smallest absolute Gasteiger partial charge is 0.0619 e. The number of nitrogens with zero attached hydrogens (tertiary/aromatic N) is 2. The second-order valence-electron chi connectivity index (χ2n) is 17.6. The number of para-hydroxylation sites is 3. The minimum absolute atomic E-state index is 1.07. The molecule has 1 aromatic heterocycles. The molecule has 0 fully saturated rings. The first-order chi connectivity index (χ1) is 33.7. The maximum Gasteiger partial charge on any atom is 0.0619 e. The molecule has 13 aromatic rings. The zero-order valence-corrected chi connectivity index (χ0v) is 37.3. The highest BCUT2D eigenvalue weighted by atomic mass is 15.1. The van der Waals surface area contributed by atoms with Crippen LogP contribution in [0.15, 0.2) is 267 Å². The van der Waals surface area contributed by atoms with E-state index in [0.29, 0.717) is 0 Å². The largest absolute Gasteiger partial charge is 0.310 e. The third-order valence-electron chi connectivity index (χ3n) is 13.8. The van der Waals surface area contributed by atoms with Crippen molar-refractivity contribution in [1.82, 2.24) is 4.57 Å². The Kier molecular flexibility index (Phi) is 9.54. The molecular weight excluding hydrogens is 821 g/mol. The molecule has 0 bridgehead atoms. The van der Waals surface area contributed by atoms with E-state index in [1.807, 2.05) is 0 Å². The van der Waals surface area contributed by atoms with Crippen molar-refractivity contribution in [3.63, 3.8) is 0 Å². The predicted octanol–water partition coefficient (Wildman–Crippen LogP) is 18.4. The summed E-state index contributed by atoms with van der Waals surface area (Å²) in [6.45, 7) is 0. The molecule has 2 heteroatoms. The molecule has 12 aromatic carbocycles. The highest BCUT2D eigenvalue weighted by molar-refractivity contribution is 6.19. The fourth-order valence-electron chi connectivity index (χ4n) is 10.6. The molecule has 0 amide bonds. The van der Waals surface area contributed by atoms with Crippen molar-refractivity contribution in [3.05, 3.63) is 267 Å². The predicted molar refractivity (Wildman–Crippen MR) is 290 cm³/mol. The Labute approximate surface area is 395 Å². The van der Waals surface area contributed by atoms with E-state index in [2.05, 4.69) is 276 Å². The van der Waals surface area contributed by atoms with Gasteiger partial charge in [-0.15, -0.1) is 0 Å². The number of hydrogen-bond donors (Lipinski definition) is 0. The zero-order valence-electron chi connectivity index (χ0n) is 37.3. The lowest BCUT2D eigenvalue weighted by molar-refractivity contribution is 1.19. The number of fused-ring (bicyclic) bond motifs is 8. The van der Waals surface area contributed by atoms with Crippen LogP contribution < -0.4 is 4.90 Å². The van der Waals surface area contributed by atoms with Gasteiger partial charge in [0.2, 0.25) is 0 Å². The Morgan fingerprint density at radius 1 is 0.265 bits per heavy atom. The lowest BCUT2D eigenvalue weighted by Crippen LogP contribution is -2.11. The van der Waals surface area contributed by atoms with Crippen LogP contribution in [0.5, 0.6) is 0 Å². The highest BCUT2D eigenvalue weighted by Gasteiger charge is 2.21. The van der Waals surface area contributed by atoms with E-state index >= 15 is 0 Å². The zero-order chi connectivity index (χ0) is 45.0. The van der Waals surface area contributed by atoms with E-state index in [4.69, 9.17) is 0 Å². The first-order valence-electron chi connectivity index (χ1n) is 23.4. The third-order valence-corrected chi connectivity index (χ3v) is 13.8. The van der Waals surface area contributed by atoms with Crippen molar-refractivity contribution in [3.8, 4) is 50.2 Å². The highest BCUT2D eigenvalue weighted by Crippen LogP contribution is 2.45. The molecule has 68 heavy (non-hydrogen) atoms. The molecule has 0 unspecified atom stereocenters. The van der Waals surface area contributed by atoms with Crippen molar-refractivity contribution in [2.75, 3.05) is 4.90 Å². The molecule has 0 N–H and O–H groups in total. The molecule has 0 aliphatic heterocycles. The average molecular weight is 865 g/mol. The molecular formula is C66H44N2. The number of aromatic nitrogens is 1. The van der Waals surface area contributed by atoms with Gasteiger partial charge in [-0.1, -0.05) is 218 Å². The van der Waals surface area contributed by atoms with Gasteiger partial charge in [0.15, 0.2) is 0 Å². The summed E-state index contributed by atoms with van der Waals surface area (Å²) in [6.07, 6.45) is 0. The Bertz CT molecular complexity index is 4010. The lowest BCUT2D eigenvalue weighted by atomic mass is 9.93. The van der Waals surface area contributed by atoms with E-state index in [1.54, 1.807) is 0 Å². The molecule has 0 aliphatic rings. The molecule has 0 atom stereocenters. The van der Waals surface area contributed by atoms with Crippen LogP contribution in [-0.2, 0) is 0 Å². The maximum atomic E-state index is 2.48. The summed E-state index contributed by atoms with van der Waals surface area (Å²) in [5.74, 6) is 0. The monoisotopic (exact) mass is 864 g/mol. The van der Waals surface area contributed by atoms with Crippen LogP contribution in [0.2, 0.25) is 0 Å². The van der Waals surface area contributed by atoms with Gasteiger partial charge in [0.25, 0.3) is 0 Å². The topological polar surface area (TPSA) is 8.17 Å². The lowest BCUT2D eigenvalue weighted by Gasteiger charge is -2.29. The number of hydrogen-bond acceptors (Lipinski definition) is 1. The van der Waals surface area contributed by atoms with E-state index < -0.39 is 0 Å². The second kappa shape index (κ2) is 16.5. The van der Waals surface area contributed by atoms with E-state index in [0.717, 1.165) is 39.4 Å². The summed E-state index contributed by atoms with van der Waals surface area (Å²) in [6, 6.07) is 97.5. The maximum absolute atomic E-state index is 2.48. The van der Waals surface area contributed by atoms with Gasteiger partial charge in [-0.25, -0.2) is 0 Å². The van der Waals surface area contributed by atoms with Gasteiger partial charge in [0.1, 0.15) is 0 Å². The van der Waals surface area contributed by atoms with Gasteiger partial charge in [-0.05, 0) is 109 Å². The Morgan fingerprint density at radius 3 is 1.66 bits per heavy atom. The first-order valence-corrected chi connectivity index (χ1v) is 23.4. The van der Waals surface area contributed by atoms with Crippen molar-refractivity contribution in [2.24, 2.45) is 0 Å². The van der Waals surface area contributed by atoms with E-state index in [1.165, 1.54) is 81.9 Å². The van der Waals surface area contributed by atoms with Gasteiger partial charge >= 0.3 is 0 Å². The molecule has 318 valence electrons. The standard InChI is InChI=1S/C66H44N2/c1-2-17-45(18-3-1)46-33-35-48(36-34-46)55-24-10-13-30-63(55)67(53-22-16-21-50(43-53)62-44-51-20-5-6-23-54(51)58-27-8-9-28-59(58)62)52-40-37-49(38-41-52)56-25-11-14-31-64(56)68-65-32-15-12-29-60(65)61-42-39-47-19-4-7-26-57(47)66(61)68/h1-44H. The van der Waals surface area contributed by atoms with Gasteiger partial charge in [-0.3, -0.25) is 0 Å². The van der Waals surface area contributed by atoms with Crippen molar-refractivity contribution >= 4 is 71.2 Å². The van der Waals surface area contributed by atoms with E-state index in [9.17, 15) is 0 Å². The number of benzene rings is 12. The van der Waals surface area contributed by atoms with Crippen LogP contribution in [0.4, 0.5) is 17.1 Å². The number of rotatable bonds is 8. The average Bonchev–Trinajstić information content (AvgIpc) is 3.76. The Morgan fingerprint density at radius 2 is 0.838 bits per heavy atom. The summed E-state index contributed by atoms with van der Waals surface area (Å²) >= 11 is 0. The van der Waals surface area contributed by atoms with Gasteiger partial charge < -0.3 is 9.47 Å². The molecule has 13 rings (SSSR count). The van der Waals surface area contributed by atoms with Crippen LogP contribution in [0.3, 0.4) is 0 Å². The van der Waals surface area contributed by atoms with Crippen LogP contribution in [0.25, 0.3) is 104 Å². The SMILES string of the molecule is c1ccc(-c2ccc(-c3ccccc3N(c3ccc(-c4ccccc4-n4c5ccccc5c5ccc6ccccc6c54)cc3)c3cccc(-c4cc5ccccc5c5ccccc45)c3)cc2)cc1. The summed E-state index contributed by atoms with van der Waals surface area (Å²) in [5.41, 5.74) is 16.3. The second-order valence-corrected chi connectivity index (χ2v) is 17.6. The Balaban J connectivity index is 0.977. The molecule has 0 spiro atoms.